The lowest BCUT2D eigenvalue weighted by atomic mass is 10.2. The smallest absolute Gasteiger partial charge is 0.325 e. The first kappa shape index (κ1) is 89.2. The van der Waals surface area contributed by atoms with Gasteiger partial charge in [0.1, 0.15) is 12.1 Å². The van der Waals surface area contributed by atoms with Crippen LogP contribution in [0.2, 0.25) is 0 Å². The van der Waals surface area contributed by atoms with Crippen LogP contribution < -0.4 is 26.1 Å². The molecule has 0 aliphatic heterocycles. The highest BCUT2D eigenvalue weighted by Crippen LogP contribution is 2.48. The van der Waals surface area contributed by atoms with Gasteiger partial charge in [0, 0.05) is 53.0 Å². The highest BCUT2D eigenvalue weighted by Gasteiger charge is 2.26. The van der Waals surface area contributed by atoms with Gasteiger partial charge in [-0.25, -0.2) is 15.3 Å². The van der Waals surface area contributed by atoms with E-state index in [1.165, 1.54) is 33.3 Å². The van der Waals surface area contributed by atoms with E-state index < -0.39 is 66.7 Å². The number of hydrogen-bond donors (Lipinski definition) is 7. The molecule has 0 saturated heterocycles. The van der Waals surface area contributed by atoms with Gasteiger partial charge in [-0.2, -0.15) is 0 Å². The zero-order valence-electron chi connectivity index (χ0n) is 54.6. The van der Waals surface area contributed by atoms with Crippen molar-refractivity contribution in [1.29, 1.82) is 0 Å². The normalized spacial score (nSPS) is 15.7. The van der Waals surface area contributed by atoms with Crippen LogP contribution in [0.25, 0.3) is 0 Å². The Kier molecular flexibility index (Phi) is 50.7. The SMILES string of the molecule is CCCCOC(=O)C(C)N.CCCCOC(=O)C(C)NP(C)(=O)NCC(C)C(=O)OCC.CCOC(=O)C(C)CNP(C)(=O)O.CCOC(=O)C(C)CNP(C)(=O)OCc1ccccc1.CP(=O)(Cl)OCc1ccccc1.CP(=O)(O)OCc1ccccc1. The van der Waals surface area contributed by atoms with Gasteiger partial charge in [0.15, 0.2) is 0 Å². The van der Waals surface area contributed by atoms with E-state index in [0.29, 0.717) is 39.6 Å². The first-order valence-electron chi connectivity index (χ1n) is 29.1. The van der Waals surface area contributed by atoms with E-state index in [0.717, 1.165) is 42.4 Å². The minimum absolute atomic E-state index is 0.156. The first-order chi connectivity index (χ1) is 41.4. The fraction of sp³-hybridized carbons (Fsp3) is 0.603. The van der Waals surface area contributed by atoms with Crippen molar-refractivity contribution in [3.05, 3.63) is 108 Å². The molecule has 3 aromatic carbocycles. The molecular weight excluding hydrogens is 1280 g/mol. The zero-order valence-corrected chi connectivity index (χ0v) is 59.8. The van der Waals surface area contributed by atoms with E-state index in [-0.39, 0.29) is 62.6 Å². The molecule has 3 aromatic rings. The quantitative estimate of drug-likeness (QED) is 0.0126. The van der Waals surface area contributed by atoms with Crippen LogP contribution in [0.3, 0.4) is 0 Å². The Morgan fingerprint density at radius 3 is 1.15 bits per heavy atom. The monoisotopic (exact) mass is 1380 g/mol. The number of hydrogen-bond acceptors (Lipinski definition) is 19. The Morgan fingerprint density at radius 2 is 0.820 bits per heavy atom. The van der Waals surface area contributed by atoms with E-state index in [4.69, 9.17) is 64.0 Å². The number of nitrogens with two attached hydrogens (primary N) is 1. The lowest BCUT2D eigenvalue weighted by Crippen LogP contribution is -2.38. The summed E-state index contributed by atoms with van der Waals surface area (Å²) in [5.74, 6) is -2.93. The molecule has 89 heavy (non-hydrogen) atoms. The molecule has 512 valence electrons. The molecule has 10 atom stereocenters. The van der Waals surface area contributed by atoms with Gasteiger partial charge in [0.05, 0.1) is 70.6 Å². The second kappa shape index (κ2) is 50.6. The molecule has 0 spiro atoms. The summed E-state index contributed by atoms with van der Waals surface area (Å²) in [6.07, 6.45) is 3.69. The molecule has 0 saturated carbocycles. The number of ether oxygens (including phenoxy) is 5. The van der Waals surface area contributed by atoms with Gasteiger partial charge in [0.2, 0.25) is 7.44 Å². The van der Waals surface area contributed by atoms with E-state index in [1.807, 2.05) is 105 Å². The van der Waals surface area contributed by atoms with Crippen molar-refractivity contribution in [3.8, 4) is 0 Å². The van der Waals surface area contributed by atoms with Crippen molar-refractivity contribution in [2.75, 3.05) is 86.0 Å². The topological polar surface area (TPSA) is 359 Å². The van der Waals surface area contributed by atoms with Gasteiger partial charge in [0.25, 0.3) is 21.8 Å². The number of rotatable bonds is 34. The molecule has 0 heterocycles. The van der Waals surface area contributed by atoms with Crippen LogP contribution in [-0.2, 0) is 104 Å². The Balaban J connectivity index is -0.00000102. The summed E-state index contributed by atoms with van der Waals surface area (Å²) in [4.78, 5) is 74.0. The van der Waals surface area contributed by atoms with E-state index >= 15 is 0 Å². The molecule has 0 amide bonds. The first-order valence-corrected chi connectivity index (χ1v) is 40.4. The predicted octanol–water partition coefficient (Wildman–Crippen LogP) is 11.3. The lowest BCUT2D eigenvalue weighted by Gasteiger charge is -2.21. The Labute approximate surface area is 533 Å². The van der Waals surface area contributed by atoms with Crippen molar-refractivity contribution in [1.82, 2.24) is 20.3 Å². The summed E-state index contributed by atoms with van der Waals surface area (Å²) >= 11 is 5.42. The van der Waals surface area contributed by atoms with Crippen LogP contribution in [-0.4, -0.2) is 138 Å². The maximum Gasteiger partial charge on any atom is 0.325 e. The molecule has 0 aliphatic carbocycles. The number of nitrogens with one attached hydrogen (secondary N) is 4. The van der Waals surface area contributed by atoms with Gasteiger partial charge in [-0.1, -0.05) is 138 Å². The number of unbranched alkanes of at least 4 members (excludes halogenated alkanes) is 2. The van der Waals surface area contributed by atoms with Crippen molar-refractivity contribution >= 4 is 77.9 Å². The predicted molar refractivity (Wildman–Crippen MR) is 351 cm³/mol. The third kappa shape index (κ3) is 56.5. The van der Waals surface area contributed by atoms with Crippen LogP contribution in [0.1, 0.15) is 112 Å². The van der Waals surface area contributed by atoms with Crippen molar-refractivity contribution in [3.63, 3.8) is 0 Å². The molecule has 25 nitrogen and oxygen atoms in total. The second-order valence-corrected chi connectivity index (χ2v) is 32.4. The van der Waals surface area contributed by atoms with Crippen LogP contribution in [0, 0.1) is 17.8 Å². The largest absolute Gasteiger partial charge is 0.466 e. The maximum atomic E-state index is 12.4. The number of benzene rings is 3. The van der Waals surface area contributed by atoms with Gasteiger partial charge < -0.3 is 52.8 Å². The third-order valence-electron chi connectivity index (χ3n) is 10.7. The number of carbonyl (C=O) groups is 5. The minimum atomic E-state index is -3.33. The fourth-order valence-corrected chi connectivity index (χ4v) is 9.91. The molecular formula is C58H103ClN5O20P5. The highest BCUT2D eigenvalue weighted by atomic mass is 35.7. The standard InChI is InChI=1S/C14H29N2O5P.C14H22NO4P.C8H10ClO2P.C8H11O3P.C7H16NO4P.C7H15NO2/c1-6-8-9-21-14(18)12(4)16-22(5,19)15-10-11(3)13(17)20-7-2;1-4-18-14(16)12(2)10-15-20(3,17)19-11-13-8-6-5-7-9-13;2*1-12(9,10)11-7-8-5-3-2-4-6-8;1-4-12-7(9)6(2)5-8-13(3,10)11;1-3-4-5-10-7(9)6(2)8/h11-12H,6-10H2,1-5H3,(H2,15,16,19);5-9,12H,4,10-11H2,1-3H3,(H,15,17);2-6H,7H2,1H3;2-6H,7H2,1H3,(H,9,10);6H,4-5H2,1-3H3,(H2,8,10,11);6H,3-5,8H2,1-2H3. The number of carbonyl (C=O) groups excluding carboxylic acids is 5. The van der Waals surface area contributed by atoms with E-state index in [2.05, 4.69) is 20.3 Å². The summed E-state index contributed by atoms with van der Waals surface area (Å²) in [6.45, 7) is 24.6. The molecule has 10 unspecified atom stereocenters. The summed E-state index contributed by atoms with van der Waals surface area (Å²) in [5, 5.41) is 10.7. The average Bonchev–Trinajstić information content (AvgIpc) is 3.69. The molecule has 3 rings (SSSR count). The van der Waals surface area contributed by atoms with Crippen molar-refractivity contribution < 1.29 is 93.8 Å². The number of esters is 5. The maximum absolute atomic E-state index is 12.4. The molecule has 0 bridgehead atoms. The highest BCUT2D eigenvalue weighted by molar-refractivity contribution is 7.84. The van der Waals surface area contributed by atoms with E-state index in [9.17, 15) is 46.8 Å². The second-order valence-electron chi connectivity index (χ2n) is 20.2. The van der Waals surface area contributed by atoms with Gasteiger partial charge in [-0.3, -0.25) is 51.9 Å². The molecule has 0 radical (unpaired) electrons. The molecule has 31 heteroatoms. The van der Waals surface area contributed by atoms with Gasteiger partial charge >= 0.3 is 37.4 Å². The van der Waals surface area contributed by atoms with Crippen LogP contribution in [0.15, 0.2) is 91.0 Å². The summed E-state index contributed by atoms with van der Waals surface area (Å²) < 4.78 is 96.4. The van der Waals surface area contributed by atoms with Crippen molar-refractivity contribution in [2.45, 2.75) is 127 Å². The zero-order chi connectivity index (χ0) is 68.7. The molecule has 0 aliphatic rings. The average molecular weight is 1380 g/mol. The number of halogens is 1. The molecule has 0 fully saturated rings. The van der Waals surface area contributed by atoms with Crippen LogP contribution >= 0.6 is 48.0 Å². The Bertz CT molecular complexity index is 2580. The minimum Gasteiger partial charge on any atom is -0.466 e. The lowest BCUT2D eigenvalue weighted by molar-refractivity contribution is -0.148. The van der Waals surface area contributed by atoms with Crippen molar-refractivity contribution in [2.24, 2.45) is 23.5 Å². The van der Waals surface area contributed by atoms with Crippen LogP contribution in [0.5, 0.6) is 0 Å². The van der Waals surface area contributed by atoms with Crippen LogP contribution in [0.4, 0.5) is 0 Å². The Morgan fingerprint density at radius 1 is 0.483 bits per heavy atom. The third-order valence-corrected chi connectivity index (χ3v) is 16.0. The summed E-state index contributed by atoms with van der Waals surface area (Å²) in [7, 11) is -12.5. The molecule has 0 aromatic heterocycles. The summed E-state index contributed by atoms with van der Waals surface area (Å²) in [5.41, 5.74) is 8.07. The molecule has 8 N–H and O–H groups in total. The van der Waals surface area contributed by atoms with Gasteiger partial charge in [-0.15, -0.1) is 0 Å². The Hall–Kier alpha value is -3.95. The van der Waals surface area contributed by atoms with Gasteiger partial charge in [-0.05, 0) is 75.4 Å². The fourth-order valence-electron chi connectivity index (χ4n) is 5.73. The van der Waals surface area contributed by atoms with E-state index in [1.54, 1.807) is 55.4 Å². The summed E-state index contributed by atoms with van der Waals surface area (Å²) in [6, 6.07) is 27.1.